The summed E-state index contributed by atoms with van der Waals surface area (Å²) < 4.78 is 7.24. The van der Waals surface area contributed by atoms with Gasteiger partial charge in [0.15, 0.2) is 0 Å². The number of aromatic nitrogens is 1. The van der Waals surface area contributed by atoms with Gasteiger partial charge in [-0.15, -0.1) is 0 Å². The minimum atomic E-state index is 0.131. The van der Waals surface area contributed by atoms with Crippen molar-refractivity contribution in [3.8, 4) is 6.07 Å². The second-order valence-electron chi connectivity index (χ2n) is 8.66. The summed E-state index contributed by atoms with van der Waals surface area (Å²) in [5.74, 6) is 1.03. The molecule has 0 bridgehead atoms. The van der Waals surface area contributed by atoms with E-state index in [1.807, 2.05) is 26.0 Å². The van der Waals surface area contributed by atoms with Gasteiger partial charge < -0.3 is 14.5 Å². The van der Waals surface area contributed by atoms with E-state index in [0.29, 0.717) is 5.56 Å². The number of allylic oxidation sites excluding steroid dienone is 1. The lowest BCUT2D eigenvalue weighted by Crippen LogP contribution is -2.54. The van der Waals surface area contributed by atoms with E-state index in [1.165, 1.54) is 0 Å². The minimum Gasteiger partial charge on any atom is -0.370 e. The minimum absolute atomic E-state index is 0.131. The number of halogens is 1. The quantitative estimate of drug-likeness (QED) is 0.566. The molecule has 1 aromatic carbocycles. The van der Waals surface area contributed by atoms with Crippen LogP contribution in [0.1, 0.15) is 26.3 Å². The van der Waals surface area contributed by atoms with Crippen molar-refractivity contribution in [3.63, 3.8) is 0 Å². The van der Waals surface area contributed by atoms with Crippen molar-refractivity contribution >= 4 is 37.1 Å². The lowest BCUT2D eigenvalue weighted by molar-refractivity contribution is -0.0366. The predicted octanol–water partition coefficient (Wildman–Crippen LogP) is 3.99. The molecule has 2 atom stereocenters. The summed E-state index contributed by atoms with van der Waals surface area (Å²) in [6.45, 7) is 12.6. The van der Waals surface area contributed by atoms with Crippen LogP contribution in [0.4, 0.5) is 5.69 Å². The number of ether oxygens (including phenoxy) is 1. The zero-order chi connectivity index (χ0) is 23.4. The molecule has 7 nitrogen and oxygen atoms in total. The van der Waals surface area contributed by atoms with Crippen molar-refractivity contribution < 1.29 is 4.74 Å². The molecule has 0 radical (unpaired) electrons. The van der Waals surface area contributed by atoms with Crippen LogP contribution in [0.2, 0.25) is 0 Å². The summed E-state index contributed by atoms with van der Waals surface area (Å²) in [5, 5.41) is 10.5. The molecule has 2 aromatic rings. The van der Waals surface area contributed by atoms with E-state index in [2.05, 4.69) is 71.8 Å². The van der Waals surface area contributed by atoms with Crippen molar-refractivity contribution in [2.45, 2.75) is 33.0 Å². The molecule has 0 saturated carbocycles. The summed E-state index contributed by atoms with van der Waals surface area (Å²) in [7, 11) is 0. The number of pyridine rings is 1. The number of rotatable bonds is 5. The van der Waals surface area contributed by atoms with Gasteiger partial charge in [-0.2, -0.15) is 5.26 Å². The van der Waals surface area contributed by atoms with Crippen molar-refractivity contribution in [1.29, 1.82) is 5.26 Å². The smallest absolute Gasteiger partial charge is 0.125 e. The third-order valence-electron chi connectivity index (χ3n) is 6.22. The molecule has 0 aliphatic carbocycles. The summed E-state index contributed by atoms with van der Waals surface area (Å²) in [6.07, 6.45) is 4.09. The Labute approximate surface area is 204 Å². The lowest BCUT2D eigenvalue weighted by atomic mass is 10.1. The van der Waals surface area contributed by atoms with Gasteiger partial charge >= 0.3 is 0 Å². The van der Waals surface area contributed by atoms with E-state index in [1.54, 1.807) is 6.20 Å². The van der Waals surface area contributed by atoms with Crippen LogP contribution < -0.4 is 4.90 Å². The van der Waals surface area contributed by atoms with Crippen molar-refractivity contribution in [2.24, 2.45) is 4.99 Å². The average molecular weight is 511 g/mol. The molecule has 0 spiro atoms. The fraction of sp³-hybridized carbons (Fsp3) is 0.480. The van der Waals surface area contributed by atoms with Gasteiger partial charge in [-0.05, 0) is 67.0 Å². The van der Waals surface area contributed by atoms with Gasteiger partial charge in [-0.1, -0.05) is 0 Å². The number of anilines is 1. The molecule has 0 amide bonds. The Hall–Kier alpha value is -2.47. The van der Waals surface area contributed by atoms with E-state index >= 15 is 0 Å². The van der Waals surface area contributed by atoms with Gasteiger partial charge in [-0.3, -0.25) is 9.88 Å². The number of hydrogen-bond acceptors (Lipinski definition) is 7. The molecule has 2 aliphatic heterocycles. The van der Waals surface area contributed by atoms with Crippen molar-refractivity contribution in [2.75, 3.05) is 50.7 Å². The van der Waals surface area contributed by atoms with Gasteiger partial charge in [0, 0.05) is 63.1 Å². The predicted molar refractivity (Wildman–Crippen MR) is 137 cm³/mol. The molecule has 8 heteroatoms. The molecule has 0 N–H and O–H groups in total. The fourth-order valence-electron chi connectivity index (χ4n) is 4.79. The van der Waals surface area contributed by atoms with Gasteiger partial charge in [0.05, 0.1) is 27.9 Å². The van der Waals surface area contributed by atoms with Crippen LogP contribution in [0.5, 0.6) is 0 Å². The Morgan fingerprint density at radius 1 is 1.27 bits per heavy atom. The summed E-state index contributed by atoms with van der Waals surface area (Å²) in [4.78, 5) is 16.3. The number of hydrogen-bond donors (Lipinski definition) is 0. The van der Waals surface area contributed by atoms with E-state index in [0.717, 1.165) is 72.8 Å². The largest absolute Gasteiger partial charge is 0.370 e. The molecule has 3 heterocycles. The highest BCUT2D eigenvalue weighted by atomic mass is 79.9. The molecule has 2 fully saturated rings. The second-order valence-corrected chi connectivity index (χ2v) is 9.81. The van der Waals surface area contributed by atoms with E-state index in [9.17, 15) is 5.26 Å². The number of aliphatic imine (C=N–C) groups is 1. The van der Waals surface area contributed by atoms with E-state index in [-0.39, 0.29) is 12.2 Å². The van der Waals surface area contributed by atoms with Crippen molar-refractivity contribution in [3.05, 3.63) is 47.9 Å². The Balaban J connectivity index is 1.43. The number of nitriles is 1. The lowest BCUT2D eigenvalue weighted by Gasteiger charge is -2.42. The first-order chi connectivity index (χ1) is 16.0. The van der Waals surface area contributed by atoms with Crippen LogP contribution in [0.3, 0.4) is 0 Å². The van der Waals surface area contributed by atoms with E-state index in [4.69, 9.17) is 4.74 Å². The Kier molecular flexibility index (Phi) is 7.63. The first-order valence-corrected chi connectivity index (χ1v) is 12.3. The fourth-order valence-corrected chi connectivity index (χ4v) is 4.97. The molecule has 2 aliphatic rings. The van der Waals surface area contributed by atoms with E-state index < -0.39 is 0 Å². The van der Waals surface area contributed by atoms with Crippen LogP contribution in [0, 0.1) is 11.3 Å². The number of morpholine rings is 1. The number of nitrogens with zero attached hydrogens (tertiary/aromatic N) is 6. The maximum absolute atomic E-state index is 9.47. The SMILES string of the molecule is C/C=C(\N=C(/C)Br)N1CCN(CC2CN(c3ccc(C#N)c4ncccc34)CC(C)O2)CC1. The number of piperazine rings is 1. The monoisotopic (exact) mass is 510 g/mol. The molecular formula is C25H31BrN6O. The van der Waals surface area contributed by atoms with Gasteiger partial charge in [-0.25, -0.2) is 4.99 Å². The van der Waals surface area contributed by atoms with Crippen LogP contribution >= 0.6 is 15.9 Å². The second kappa shape index (κ2) is 10.6. The zero-order valence-electron chi connectivity index (χ0n) is 19.5. The Bertz CT molecular complexity index is 1080. The summed E-state index contributed by atoms with van der Waals surface area (Å²) in [5.41, 5.74) is 2.51. The number of fused-ring (bicyclic) bond motifs is 1. The molecular weight excluding hydrogens is 480 g/mol. The zero-order valence-corrected chi connectivity index (χ0v) is 21.1. The first kappa shape index (κ1) is 23.7. The highest BCUT2D eigenvalue weighted by Gasteiger charge is 2.29. The third-order valence-corrected chi connectivity index (χ3v) is 6.40. The highest BCUT2D eigenvalue weighted by molar-refractivity contribution is 9.18. The normalized spacial score (nSPS) is 23.1. The van der Waals surface area contributed by atoms with Gasteiger partial charge in [0.25, 0.3) is 0 Å². The maximum atomic E-state index is 9.47. The average Bonchev–Trinajstić information content (AvgIpc) is 2.82. The summed E-state index contributed by atoms with van der Waals surface area (Å²) in [6, 6.07) is 10.2. The standard InChI is InChI=1S/C25H31BrN6O/c1-4-24(29-19(3)26)31-12-10-30(11-13-31)16-21-17-32(15-18(2)33-21)23-8-7-20(14-27)25-22(23)6-5-9-28-25/h4-9,18,21H,10-13,15-17H2,1-3H3/b24-4+,29-19+. The number of benzene rings is 1. The van der Waals surface area contributed by atoms with Gasteiger partial charge in [0.2, 0.25) is 0 Å². The first-order valence-electron chi connectivity index (χ1n) is 11.5. The Morgan fingerprint density at radius 2 is 2.06 bits per heavy atom. The third kappa shape index (κ3) is 5.55. The van der Waals surface area contributed by atoms with Gasteiger partial charge in [0.1, 0.15) is 11.9 Å². The van der Waals surface area contributed by atoms with Crippen molar-refractivity contribution in [1.82, 2.24) is 14.8 Å². The highest BCUT2D eigenvalue weighted by Crippen LogP contribution is 2.30. The molecule has 2 saturated heterocycles. The molecule has 2 unspecified atom stereocenters. The van der Waals surface area contributed by atoms with Crippen LogP contribution in [-0.4, -0.2) is 77.4 Å². The molecule has 1 aromatic heterocycles. The summed E-state index contributed by atoms with van der Waals surface area (Å²) >= 11 is 3.44. The van der Waals surface area contributed by atoms with Crippen LogP contribution in [0.25, 0.3) is 10.9 Å². The molecule has 33 heavy (non-hydrogen) atoms. The topological polar surface area (TPSA) is 68.0 Å². The van der Waals surface area contributed by atoms with Crippen LogP contribution in [0.15, 0.2) is 47.4 Å². The Morgan fingerprint density at radius 3 is 2.76 bits per heavy atom. The van der Waals surface area contributed by atoms with Crippen LogP contribution in [-0.2, 0) is 4.74 Å². The maximum Gasteiger partial charge on any atom is 0.125 e. The molecule has 174 valence electrons. The molecule has 4 rings (SSSR count).